The van der Waals surface area contributed by atoms with E-state index in [-0.39, 0.29) is 0 Å². The minimum atomic E-state index is 0.565. The second-order valence-corrected chi connectivity index (χ2v) is 6.02. The van der Waals surface area contributed by atoms with Crippen molar-refractivity contribution in [1.82, 2.24) is 19.6 Å². The summed E-state index contributed by atoms with van der Waals surface area (Å²) >= 11 is 0. The maximum atomic E-state index is 5.53. The molecule has 3 heterocycles. The second kappa shape index (κ2) is 5.93. The summed E-state index contributed by atoms with van der Waals surface area (Å²) in [7, 11) is 0. The van der Waals surface area contributed by atoms with Gasteiger partial charge in [-0.15, -0.1) is 5.10 Å². The highest BCUT2D eigenvalue weighted by atomic mass is 16.5. The largest absolute Gasteiger partial charge is 0.381 e. The van der Waals surface area contributed by atoms with Crippen LogP contribution in [0.5, 0.6) is 0 Å². The van der Waals surface area contributed by atoms with Gasteiger partial charge in [-0.3, -0.25) is 4.68 Å². The molecule has 5 heteroatoms. The molecule has 0 radical (unpaired) electrons. The topological polar surface area (TPSA) is 44.9 Å². The van der Waals surface area contributed by atoms with Gasteiger partial charge in [0.25, 0.3) is 0 Å². The number of aromatic nitrogens is 4. The van der Waals surface area contributed by atoms with Crippen LogP contribution in [0.2, 0.25) is 0 Å². The molecular formula is C17H20N4O. The molecule has 0 aliphatic carbocycles. The molecule has 0 bridgehead atoms. The quantitative estimate of drug-likeness (QED) is 0.743. The Bertz CT molecular complexity index is 755. The molecule has 0 N–H and O–H groups in total. The zero-order valence-corrected chi connectivity index (χ0v) is 12.6. The third kappa shape index (κ3) is 2.76. The van der Waals surface area contributed by atoms with E-state index in [1.807, 2.05) is 4.68 Å². The Labute approximate surface area is 129 Å². The highest BCUT2D eigenvalue weighted by molar-refractivity contribution is 5.79. The molecule has 1 aliphatic heterocycles. The van der Waals surface area contributed by atoms with Gasteiger partial charge in [0.05, 0.1) is 19.3 Å². The normalized spacial score (nSPS) is 18.8. The lowest BCUT2D eigenvalue weighted by Crippen LogP contribution is -2.22. The first-order valence-electron chi connectivity index (χ1n) is 7.89. The fraction of sp³-hybridized carbons (Fsp3) is 0.412. The molecule has 22 heavy (non-hydrogen) atoms. The Morgan fingerprint density at radius 1 is 1.23 bits per heavy atom. The molecule has 5 nitrogen and oxygen atoms in total. The summed E-state index contributed by atoms with van der Waals surface area (Å²) in [5.41, 5.74) is 2.23. The van der Waals surface area contributed by atoms with Crippen molar-refractivity contribution < 1.29 is 4.74 Å². The van der Waals surface area contributed by atoms with Crippen molar-refractivity contribution >= 4 is 10.9 Å². The lowest BCUT2D eigenvalue weighted by molar-refractivity contribution is 0.0468. The summed E-state index contributed by atoms with van der Waals surface area (Å²) in [5, 5.41) is 9.84. The predicted molar refractivity (Wildman–Crippen MR) is 84.6 cm³/mol. The van der Waals surface area contributed by atoms with Crippen molar-refractivity contribution in [2.24, 2.45) is 5.92 Å². The summed E-state index contributed by atoms with van der Waals surface area (Å²) in [6.45, 7) is 3.41. The van der Waals surface area contributed by atoms with Crippen molar-refractivity contribution in [3.05, 3.63) is 48.4 Å². The highest BCUT2D eigenvalue weighted by Crippen LogP contribution is 2.17. The van der Waals surface area contributed by atoms with Crippen LogP contribution in [0.3, 0.4) is 0 Å². The van der Waals surface area contributed by atoms with Crippen molar-refractivity contribution in [1.29, 1.82) is 0 Å². The lowest BCUT2D eigenvalue weighted by Gasteiger charge is -2.21. The average molecular weight is 296 g/mol. The Hall–Kier alpha value is -2.14. The molecule has 0 saturated carbocycles. The van der Waals surface area contributed by atoms with E-state index in [1.165, 1.54) is 17.3 Å². The molecule has 1 aliphatic rings. The second-order valence-electron chi connectivity index (χ2n) is 6.02. The lowest BCUT2D eigenvalue weighted by atomic mass is 10.0. The minimum Gasteiger partial charge on any atom is -0.381 e. The van der Waals surface area contributed by atoms with Gasteiger partial charge in [-0.25, -0.2) is 0 Å². The molecule has 0 amide bonds. The van der Waals surface area contributed by atoms with Crippen molar-refractivity contribution in [3.8, 4) is 0 Å². The smallest absolute Gasteiger partial charge is 0.102 e. The van der Waals surface area contributed by atoms with Crippen molar-refractivity contribution in [2.75, 3.05) is 13.2 Å². The number of para-hydroxylation sites is 1. The maximum Gasteiger partial charge on any atom is 0.102 e. The fourth-order valence-corrected chi connectivity index (χ4v) is 3.17. The molecule has 3 aromatic rings. The maximum absolute atomic E-state index is 5.53. The third-order valence-corrected chi connectivity index (χ3v) is 4.30. The number of fused-ring (bicyclic) bond motifs is 1. The van der Waals surface area contributed by atoms with Crippen LogP contribution in [0.1, 0.15) is 18.5 Å². The number of rotatable bonds is 4. The average Bonchev–Trinajstić information content (AvgIpc) is 3.17. The summed E-state index contributed by atoms with van der Waals surface area (Å²) in [5.74, 6) is 0.565. The van der Waals surface area contributed by atoms with Gasteiger partial charge in [0.2, 0.25) is 0 Å². The monoisotopic (exact) mass is 296 g/mol. The van der Waals surface area contributed by atoms with Gasteiger partial charge in [-0.05, 0) is 30.4 Å². The number of hydrogen-bond donors (Lipinski definition) is 0. The summed E-state index contributed by atoms with van der Waals surface area (Å²) < 4.78 is 9.70. The number of benzene rings is 1. The van der Waals surface area contributed by atoms with Crippen LogP contribution in [0.4, 0.5) is 0 Å². The van der Waals surface area contributed by atoms with E-state index >= 15 is 0 Å². The van der Waals surface area contributed by atoms with E-state index in [4.69, 9.17) is 4.74 Å². The van der Waals surface area contributed by atoms with Crippen LogP contribution in [0, 0.1) is 5.92 Å². The first kappa shape index (κ1) is 13.5. The van der Waals surface area contributed by atoms with Gasteiger partial charge in [-0.1, -0.05) is 23.4 Å². The van der Waals surface area contributed by atoms with E-state index in [1.54, 1.807) is 0 Å². The van der Waals surface area contributed by atoms with Gasteiger partial charge in [-0.2, -0.15) is 0 Å². The van der Waals surface area contributed by atoms with Gasteiger partial charge >= 0.3 is 0 Å². The minimum absolute atomic E-state index is 0.565. The zero-order chi connectivity index (χ0) is 14.8. The van der Waals surface area contributed by atoms with Crippen LogP contribution in [0.25, 0.3) is 10.9 Å². The molecule has 2 aromatic heterocycles. The molecule has 0 spiro atoms. The van der Waals surface area contributed by atoms with Crippen LogP contribution in [-0.4, -0.2) is 32.8 Å². The predicted octanol–water partition coefficient (Wildman–Crippen LogP) is 2.71. The van der Waals surface area contributed by atoms with Crippen LogP contribution in [0.15, 0.2) is 42.7 Å². The Morgan fingerprint density at radius 3 is 3.09 bits per heavy atom. The SMILES string of the molecule is c1ccc2c(c1)ccn2Cc1cn(CC2CCCOC2)nn1. The molecule has 1 saturated heterocycles. The van der Waals surface area contributed by atoms with E-state index < -0.39 is 0 Å². The van der Waals surface area contributed by atoms with Crippen molar-refractivity contribution in [2.45, 2.75) is 25.9 Å². The Balaban J connectivity index is 1.47. The van der Waals surface area contributed by atoms with E-state index in [0.29, 0.717) is 5.92 Å². The molecule has 1 atom stereocenters. The van der Waals surface area contributed by atoms with Gasteiger partial charge in [0.1, 0.15) is 5.69 Å². The number of ether oxygens (including phenoxy) is 1. The first-order valence-corrected chi connectivity index (χ1v) is 7.89. The first-order chi connectivity index (χ1) is 10.9. The molecule has 1 fully saturated rings. The molecule has 114 valence electrons. The highest BCUT2D eigenvalue weighted by Gasteiger charge is 2.15. The number of nitrogens with zero attached hydrogens (tertiary/aromatic N) is 4. The van der Waals surface area contributed by atoms with Crippen LogP contribution < -0.4 is 0 Å². The Kier molecular flexibility index (Phi) is 3.64. The standard InChI is InChI=1S/C17H20N4O/c1-2-6-17-15(5-1)7-8-20(17)11-16-12-21(19-18-16)10-14-4-3-9-22-13-14/h1-2,5-8,12,14H,3-4,9-11,13H2. The Morgan fingerprint density at radius 2 is 2.18 bits per heavy atom. The van der Waals surface area contributed by atoms with Gasteiger partial charge in [0.15, 0.2) is 0 Å². The third-order valence-electron chi connectivity index (χ3n) is 4.30. The van der Waals surface area contributed by atoms with Gasteiger partial charge < -0.3 is 9.30 Å². The molecular weight excluding hydrogens is 276 g/mol. The van der Waals surface area contributed by atoms with E-state index in [0.717, 1.165) is 38.4 Å². The zero-order valence-electron chi connectivity index (χ0n) is 12.6. The van der Waals surface area contributed by atoms with Crippen LogP contribution >= 0.6 is 0 Å². The summed E-state index contributed by atoms with van der Waals surface area (Å²) in [6.07, 6.45) is 6.54. The van der Waals surface area contributed by atoms with E-state index in [2.05, 4.69) is 57.6 Å². The van der Waals surface area contributed by atoms with E-state index in [9.17, 15) is 0 Å². The molecule has 1 unspecified atom stereocenters. The fourth-order valence-electron chi connectivity index (χ4n) is 3.17. The van der Waals surface area contributed by atoms with Crippen molar-refractivity contribution in [3.63, 3.8) is 0 Å². The summed E-state index contributed by atoms with van der Waals surface area (Å²) in [4.78, 5) is 0. The number of hydrogen-bond acceptors (Lipinski definition) is 3. The molecule has 4 rings (SSSR count). The van der Waals surface area contributed by atoms with Crippen LogP contribution in [-0.2, 0) is 17.8 Å². The summed E-state index contributed by atoms with van der Waals surface area (Å²) in [6, 6.07) is 10.5. The van der Waals surface area contributed by atoms with Gasteiger partial charge in [0, 0.05) is 30.8 Å². The molecule has 1 aromatic carbocycles.